The normalized spacial score (nSPS) is 19.4. The van der Waals surface area contributed by atoms with Crippen molar-refractivity contribution in [3.63, 3.8) is 0 Å². The third-order valence-corrected chi connectivity index (χ3v) is 3.92. The number of urea groups is 1. The van der Waals surface area contributed by atoms with Crippen molar-refractivity contribution in [1.29, 1.82) is 0 Å². The van der Waals surface area contributed by atoms with Gasteiger partial charge in [-0.25, -0.2) is 9.59 Å². The Kier molecular flexibility index (Phi) is 6.67. The van der Waals surface area contributed by atoms with Gasteiger partial charge in [-0.15, -0.1) is 0 Å². The second-order valence-electron chi connectivity index (χ2n) is 5.77. The first-order chi connectivity index (χ1) is 12.8. The van der Waals surface area contributed by atoms with Gasteiger partial charge < -0.3 is 19.5 Å². The Bertz CT molecular complexity index is 697. The zero-order valence-corrected chi connectivity index (χ0v) is 14.9. The maximum atomic E-state index is 12.7. The Labute approximate surface area is 154 Å². The SMILES string of the molecule is CCOC(=O)COCCN1C(=O)NC(C)(c2ccc(OC(F)F)cc2)C1=O. The fraction of sp³-hybridized carbons (Fsp3) is 0.471. The van der Waals surface area contributed by atoms with Crippen LogP contribution in [0.25, 0.3) is 0 Å². The summed E-state index contributed by atoms with van der Waals surface area (Å²) in [6.45, 7) is 0.0917. The van der Waals surface area contributed by atoms with E-state index in [1.807, 2.05) is 0 Å². The summed E-state index contributed by atoms with van der Waals surface area (Å²) in [7, 11) is 0. The highest BCUT2D eigenvalue weighted by molar-refractivity contribution is 6.07. The van der Waals surface area contributed by atoms with Gasteiger partial charge in [-0.05, 0) is 31.5 Å². The molecule has 0 saturated carbocycles. The highest BCUT2D eigenvalue weighted by Gasteiger charge is 2.48. The minimum absolute atomic E-state index is 0.0325. The van der Waals surface area contributed by atoms with Crippen LogP contribution in [-0.4, -0.2) is 55.8 Å². The number of amides is 3. The van der Waals surface area contributed by atoms with E-state index in [0.717, 1.165) is 4.90 Å². The quantitative estimate of drug-likeness (QED) is 0.394. The van der Waals surface area contributed by atoms with Crippen LogP contribution in [0.3, 0.4) is 0 Å². The maximum absolute atomic E-state index is 12.7. The van der Waals surface area contributed by atoms with Crippen LogP contribution in [-0.2, 0) is 24.6 Å². The molecule has 0 spiro atoms. The van der Waals surface area contributed by atoms with Crippen molar-refractivity contribution in [2.75, 3.05) is 26.4 Å². The van der Waals surface area contributed by atoms with Gasteiger partial charge in [0.1, 0.15) is 17.9 Å². The number of rotatable bonds is 9. The van der Waals surface area contributed by atoms with E-state index in [1.54, 1.807) is 6.92 Å². The number of esters is 1. The lowest BCUT2D eigenvalue weighted by atomic mass is 9.92. The Hall–Kier alpha value is -2.75. The number of nitrogens with one attached hydrogen (secondary N) is 1. The number of hydrogen-bond donors (Lipinski definition) is 1. The van der Waals surface area contributed by atoms with E-state index in [-0.39, 0.29) is 32.1 Å². The topological polar surface area (TPSA) is 94.2 Å². The molecule has 27 heavy (non-hydrogen) atoms. The van der Waals surface area contributed by atoms with E-state index < -0.39 is 30.1 Å². The van der Waals surface area contributed by atoms with Crippen LogP contribution in [0.5, 0.6) is 5.75 Å². The highest BCUT2D eigenvalue weighted by Crippen LogP contribution is 2.30. The van der Waals surface area contributed by atoms with E-state index in [4.69, 9.17) is 9.47 Å². The summed E-state index contributed by atoms with van der Waals surface area (Å²) in [5.41, 5.74) is -0.931. The van der Waals surface area contributed by atoms with E-state index in [2.05, 4.69) is 10.1 Å². The van der Waals surface area contributed by atoms with E-state index >= 15 is 0 Å². The second kappa shape index (κ2) is 8.76. The van der Waals surface area contributed by atoms with Gasteiger partial charge in [0.25, 0.3) is 5.91 Å². The third-order valence-electron chi connectivity index (χ3n) is 3.92. The van der Waals surface area contributed by atoms with Gasteiger partial charge in [0, 0.05) is 0 Å². The van der Waals surface area contributed by atoms with E-state index in [9.17, 15) is 23.2 Å². The molecule has 1 atom stereocenters. The predicted octanol–water partition coefficient (Wildman–Crippen LogP) is 1.63. The summed E-state index contributed by atoms with van der Waals surface area (Å²) in [4.78, 5) is 37.0. The minimum Gasteiger partial charge on any atom is -0.464 e. The van der Waals surface area contributed by atoms with Gasteiger partial charge in [0.05, 0.1) is 19.8 Å². The van der Waals surface area contributed by atoms with E-state index in [1.165, 1.54) is 31.2 Å². The molecular weight excluding hydrogens is 366 g/mol. The van der Waals surface area contributed by atoms with Crippen LogP contribution in [0.15, 0.2) is 24.3 Å². The predicted molar refractivity (Wildman–Crippen MR) is 88.1 cm³/mol. The average molecular weight is 386 g/mol. The maximum Gasteiger partial charge on any atom is 0.387 e. The van der Waals surface area contributed by atoms with Crippen molar-refractivity contribution >= 4 is 17.9 Å². The van der Waals surface area contributed by atoms with Crippen molar-refractivity contribution < 1.29 is 37.4 Å². The zero-order valence-electron chi connectivity index (χ0n) is 14.9. The Morgan fingerprint density at radius 2 is 1.93 bits per heavy atom. The monoisotopic (exact) mass is 386 g/mol. The first-order valence-corrected chi connectivity index (χ1v) is 8.20. The molecule has 1 saturated heterocycles. The Balaban J connectivity index is 1.98. The standard InChI is InChI=1S/C17H20F2N2O6/c1-3-26-13(22)10-25-9-8-21-14(23)17(2,20-16(21)24)11-4-6-12(7-5-11)27-15(18)19/h4-7,15H,3,8-10H2,1-2H3,(H,20,24). The summed E-state index contributed by atoms with van der Waals surface area (Å²) < 4.78 is 38.5. The number of benzene rings is 1. The summed E-state index contributed by atoms with van der Waals surface area (Å²) in [6, 6.07) is 4.82. The van der Waals surface area contributed by atoms with Gasteiger partial charge >= 0.3 is 18.6 Å². The minimum atomic E-state index is -2.95. The molecule has 1 fully saturated rings. The number of imide groups is 1. The fourth-order valence-electron chi connectivity index (χ4n) is 2.58. The molecule has 148 valence electrons. The molecule has 1 aromatic rings. The number of carbonyl (C=O) groups excluding carboxylic acids is 3. The number of hydrogen-bond acceptors (Lipinski definition) is 6. The van der Waals surface area contributed by atoms with Crippen molar-refractivity contribution in [2.45, 2.75) is 26.0 Å². The number of alkyl halides is 2. The lowest BCUT2D eigenvalue weighted by molar-refractivity contribution is -0.148. The van der Waals surface area contributed by atoms with Crippen molar-refractivity contribution in [3.05, 3.63) is 29.8 Å². The highest BCUT2D eigenvalue weighted by atomic mass is 19.3. The van der Waals surface area contributed by atoms with Gasteiger partial charge in [-0.3, -0.25) is 9.69 Å². The smallest absolute Gasteiger partial charge is 0.387 e. The molecule has 1 unspecified atom stereocenters. The van der Waals surface area contributed by atoms with Crippen LogP contribution in [0.1, 0.15) is 19.4 Å². The van der Waals surface area contributed by atoms with Crippen LogP contribution >= 0.6 is 0 Å². The first kappa shape index (κ1) is 20.6. The van der Waals surface area contributed by atoms with Crippen molar-refractivity contribution in [3.8, 4) is 5.75 Å². The summed E-state index contributed by atoms with van der Waals surface area (Å²) >= 11 is 0. The molecule has 1 aliphatic rings. The molecule has 1 heterocycles. The number of ether oxygens (including phenoxy) is 3. The molecular formula is C17H20F2N2O6. The lowest BCUT2D eigenvalue weighted by Gasteiger charge is -2.22. The molecule has 3 amide bonds. The third kappa shape index (κ3) is 4.91. The summed E-state index contributed by atoms with van der Waals surface area (Å²) in [5, 5.41) is 2.58. The Morgan fingerprint density at radius 3 is 2.52 bits per heavy atom. The average Bonchev–Trinajstić information content (AvgIpc) is 2.82. The molecule has 1 aliphatic heterocycles. The number of carbonyl (C=O) groups is 3. The molecule has 0 aromatic heterocycles. The first-order valence-electron chi connectivity index (χ1n) is 8.20. The number of nitrogens with zero attached hydrogens (tertiary/aromatic N) is 1. The van der Waals surface area contributed by atoms with Crippen LogP contribution in [0.2, 0.25) is 0 Å². The second-order valence-corrected chi connectivity index (χ2v) is 5.77. The molecule has 8 nitrogen and oxygen atoms in total. The molecule has 0 bridgehead atoms. The summed E-state index contributed by atoms with van der Waals surface area (Å²) in [6.07, 6.45) is 0. The van der Waals surface area contributed by atoms with Crippen LogP contribution in [0, 0.1) is 0 Å². The number of halogens is 2. The zero-order chi connectivity index (χ0) is 20.0. The molecule has 0 radical (unpaired) electrons. The van der Waals surface area contributed by atoms with Crippen molar-refractivity contribution in [1.82, 2.24) is 10.2 Å². The molecule has 1 N–H and O–H groups in total. The van der Waals surface area contributed by atoms with Gasteiger partial charge in [-0.1, -0.05) is 12.1 Å². The van der Waals surface area contributed by atoms with Crippen LogP contribution in [0.4, 0.5) is 13.6 Å². The van der Waals surface area contributed by atoms with Gasteiger partial charge in [0.2, 0.25) is 0 Å². The molecule has 2 rings (SSSR count). The van der Waals surface area contributed by atoms with Crippen molar-refractivity contribution in [2.24, 2.45) is 0 Å². The lowest BCUT2D eigenvalue weighted by Crippen LogP contribution is -2.41. The van der Waals surface area contributed by atoms with Gasteiger partial charge in [0.15, 0.2) is 0 Å². The molecule has 0 aliphatic carbocycles. The van der Waals surface area contributed by atoms with Crippen LogP contribution < -0.4 is 10.1 Å². The summed E-state index contributed by atoms with van der Waals surface area (Å²) in [5.74, 6) is -1.11. The molecule has 1 aromatic carbocycles. The van der Waals surface area contributed by atoms with E-state index in [0.29, 0.717) is 5.56 Å². The molecule has 10 heteroatoms. The van der Waals surface area contributed by atoms with Gasteiger partial charge in [-0.2, -0.15) is 8.78 Å². The largest absolute Gasteiger partial charge is 0.464 e. The fourth-order valence-corrected chi connectivity index (χ4v) is 2.58. The Morgan fingerprint density at radius 1 is 1.26 bits per heavy atom.